The average Bonchev–Trinajstić information content (AvgIpc) is 2.72. The summed E-state index contributed by atoms with van der Waals surface area (Å²) in [5.41, 5.74) is 2.30. The third-order valence-electron chi connectivity index (χ3n) is 4.41. The van der Waals surface area contributed by atoms with E-state index in [1.54, 1.807) is 36.4 Å². The van der Waals surface area contributed by atoms with Crippen LogP contribution < -0.4 is 10.1 Å². The molecular weight excluding hydrogens is 367 g/mol. The molecular formula is C24H29FN2O2. The second-order valence-corrected chi connectivity index (χ2v) is 6.53. The molecule has 2 aromatic rings. The summed E-state index contributed by atoms with van der Waals surface area (Å²) < 4.78 is 19.2. The number of ether oxygens (including phenoxy) is 1. The molecule has 2 N–H and O–H groups in total. The van der Waals surface area contributed by atoms with Crippen LogP contribution in [0.5, 0.6) is 11.5 Å². The predicted molar refractivity (Wildman–Crippen MR) is 117 cm³/mol. The van der Waals surface area contributed by atoms with Gasteiger partial charge in [-0.2, -0.15) is 0 Å². The summed E-state index contributed by atoms with van der Waals surface area (Å²) in [6.45, 7) is 10.2. The van der Waals surface area contributed by atoms with Gasteiger partial charge in [-0.15, -0.1) is 0 Å². The molecule has 0 amide bonds. The van der Waals surface area contributed by atoms with Crippen molar-refractivity contribution < 1.29 is 14.2 Å². The minimum absolute atomic E-state index is 0.0597. The number of benzene rings is 2. The van der Waals surface area contributed by atoms with Gasteiger partial charge in [-0.25, -0.2) is 9.38 Å². The van der Waals surface area contributed by atoms with Crippen molar-refractivity contribution in [2.75, 3.05) is 6.61 Å². The number of aromatic hydroxyl groups is 1. The Hall–Kier alpha value is -3.08. The summed E-state index contributed by atoms with van der Waals surface area (Å²) in [4.78, 5) is 4.70. The third kappa shape index (κ3) is 6.21. The van der Waals surface area contributed by atoms with Crippen molar-refractivity contribution in [3.8, 4) is 11.5 Å². The fourth-order valence-electron chi connectivity index (χ4n) is 3.00. The van der Waals surface area contributed by atoms with Crippen molar-refractivity contribution in [2.24, 2.45) is 4.99 Å². The van der Waals surface area contributed by atoms with Crippen LogP contribution in [0.2, 0.25) is 0 Å². The number of phenolic OH excluding ortho intramolecular Hbond substituents is 1. The molecule has 0 aromatic heterocycles. The van der Waals surface area contributed by atoms with E-state index in [1.165, 1.54) is 6.07 Å². The maximum atomic E-state index is 13.7. The van der Waals surface area contributed by atoms with Crippen molar-refractivity contribution in [2.45, 2.75) is 39.7 Å². The van der Waals surface area contributed by atoms with Crippen LogP contribution >= 0.6 is 0 Å². The molecule has 0 aliphatic rings. The van der Waals surface area contributed by atoms with Gasteiger partial charge in [0.1, 0.15) is 11.6 Å². The Morgan fingerprint density at radius 1 is 1.28 bits per heavy atom. The Kier molecular flexibility index (Phi) is 8.46. The molecule has 1 atom stereocenters. The van der Waals surface area contributed by atoms with Gasteiger partial charge < -0.3 is 15.2 Å². The Morgan fingerprint density at radius 2 is 2.07 bits per heavy atom. The first-order chi connectivity index (χ1) is 14.0. The number of phenols is 1. The summed E-state index contributed by atoms with van der Waals surface area (Å²) in [7, 11) is 0. The van der Waals surface area contributed by atoms with Gasteiger partial charge in [-0.05, 0) is 68.3 Å². The fourth-order valence-corrected chi connectivity index (χ4v) is 3.00. The van der Waals surface area contributed by atoms with E-state index in [1.807, 2.05) is 26.0 Å². The first kappa shape index (κ1) is 22.2. The molecule has 2 aromatic carbocycles. The molecule has 154 valence electrons. The van der Waals surface area contributed by atoms with Crippen molar-refractivity contribution in [3.63, 3.8) is 0 Å². The molecule has 0 aliphatic heterocycles. The smallest absolute Gasteiger partial charge is 0.161 e. The van der Waals surface area contributed by atoms with Crippen molar-refractivity contribution >= 4 is 5.71 Å². The molecule has 0 saturated carbocycles. The molecule has 0 heterocycles. The maximum Gasteiger partial charge on any atom is 0.161 e. The molecule has 0 saturated heterocycles. The summed E-state index contributed by atoms with van der Waals surface area (Å²) in [6.07, 6.45) is 5.31. The number of hydrogen-bond acceptors (Lipinski definition) is 4. The molecule has 0 fully saturated rings. The van der Waals surface area contributed by atoms with Gasteiger partial charge in [0.05, 0.1) is 18.4 Å². The lowest BCUT2D eigenvalue weighted by atomic mass is 10.0. The van der Waals surface area contributed by atoms with Gasteiger partial charge in [0.15, 0.2) is 11.5 Å². The Morgan fingerprint density at radius 3 is 2.69 bits per heavy atom. The van der Waals surface area contributed by atoms with Crippen LogP contribution in [0.25, 0.3) is 0 Å². The number of aliphatic imine (C=N–C) groups is 1. The number of hydrogen-bond donors (Lipinski definition) is 2. The number of nitrogens with zero attached hydrogens (tertiary/aromatic N) is 1. The first-order valence-electron chi connectivity index (χ1n) is 9.87. The van der Waals surface area contributed by atoms with Crippen molar-refractivity contribution in [1.29, 1.82) is 0 Å². The second kappa shape index (κ2) is 11.1. The standard InChI is InChI=1S/C24H29FN2O2/c1-5-10-21(17-11-9-12-19(25)15-17)27-24(7-3)26-20(6-2)18-13-14-22(28)23(16-18)29-8-4/h6-7,9,11-16,21,27-28H,2,5,8,10H2,1,3-4H3/b24-7+,26-20+. The van der Waals surface area contributed by atoms with Crippen molar-refractivity contribution in [1.82, 2.24) is 5.32 Å². The van der Waals surface area contributed by atoms with E-state index in [9.17, 15) is 9.50 Å². The quantitative estimate of drug-likeness (QED) is 0.492. The van der Waals surface area contributed by atoms with E-state index < -0.39 is 0 Å². The van der Waals surface area contributed by atoms with Crippen LogP contribution in [0.3, 0.4) is 0 Å². The van der Waals surface area contributed by atoms with E-state index in [2.05, 4.69) is 18.8 Å². The molecule has 0 radical (unpaired) electrons. The topological polar surface area (TPSA) is 53.9 Å². The summed E-state index contributed by atoms with van der Waals surface area (Å²) in [6, 6.07) is 11.6. The predicted octanol–water partition coefficient (Wildman–Crippen LogP) is 5.90. The van der Waals surface area contributed by atoms with Gasteiger partial charge in [-0.3, -0.25) is 0 Å². The monoisotopic (exact) mass is 396 g/mol. The van der Waals surface area contributed by atoms with E-state index in [0.717, 1.165) is 24.0 Å². The Balaban J connectivity index is 2.32. The number of nitrogens with one attached hydrogen (secondary N) is 1. The van der Waals surface area contributed by atoms with Crippen LogP contribution in [0, 0.1) is 5.82 Å². The largest absolute Gasteiger partial charge is 0.504 e. The van der Waals surface area contributed by atoms with Crippen LogP contribution in [-0.4, -0.2) is 17.4 Å². The molecule has 5 heteroatoms. The van der Waals surface area contributed by atoms with Gasteiger partial charge in [-0.1, -0.05) is 32.1 Å². The summed E-state index contributed by atoms with van der Waals surface area (Å²) >= 11 is 0. The highest BCUT2D eigenvalue weighted by atomic mass is 19.1. The van der Waals surface area contributed by atoms with Crippen LogP contribution in [0.1, 0.15) is 50.8 Å². The zero-order valence-corrected chi connectivity index (χ0v) is 17.3. The first-order valence-corrected chi connectivity index (χ1v) is 9.87. The molecule has 4 nitrogen and oxygen atoms in total. The fraction of sp³-hybridized carbons (Fsp3) is 0.292. The number of halogens is 1. The highest BCUT2D eigenvalue weighted by molar-refractivity contribution is 6.09. The molecule has 1 unspecified atom stereocenters. The van der Waals surface area contributed by atoms with Gasteiger partial charge in [0.2, 0.25) is 0 Å². The molecule has 2 rings (SSSR count). The Bertz CT molecular complexity index is 890. The maximum absolute atomic E-state index is 13.7. The minimum Gasteiger partial charge on any atom is -0.504 e. The highest BCUT2D eigenvalue weighted by Gasteiger charge is 2.13. The minimum atomic E-state index is -0.254. The zero-order chi connectivity index (χ0) is 21.2. The molecule has 0 aliphatic carbocycles. The second-order valence-electron chi connectivity index (χ2n) is 6.53. The van der Waals surface area contributed by atoms with Crippen LogP contribution in [-0.2, 0) is 0 Å². The molecule has 0 bridgehead atoms. The van der Waals surface area contributed by atoms with E-state index in [4.69, 9.17) is 9.73 Å². The summed E-state index contributed by atoms with van der Waals surface area (Å²) in [5.74, 6) is 0.888. The van der Waals surface area contributed by atoms with Crippen molar-refractivity contribution in [3.05, 3.63) is 84.0 Å². The van der Waals surface area contributed by atoms with E-state index >= 15 is 0 Å². The third-order valence-corrected chi connectivity index (χ3v) is 4.41. The lowest BCUT2D eigenvalue weighted by Gasteiger charge is -2.20. The van der Waals surface area contributed by atoms with Crippen LogP contribution in [0.4, 0.5) is 4.39 Å². The summed E-state index contributed by atoms with van der Waals surface area (Å²) in [5, 5.41) is 13.3. The van der Waals surface area contributed by atoms with Gasteiger partial charge >= 0.3 is 0 Å². The lowest BCUT2D eigenvalue weighted by molar-refractivity contribution is 0.318. The van der Waals surface area contributed by atoms with Crippen LogP contribution in [0.15, 0.2) is 72.0 Å². The number of rotatable bonds is 10. The van der Waals surface area contributed by atoms with E-state index in [-0.39, 0.29) is 17.6 Å². The number of allylic oxidation sites excluding steroid dienone is 2. The Labute approximate surface area is 172 Å². The van der Waals surface area contributed by atoms with Gasteiger partial charge in [0.25, 0.3) is 0 Å². The zero-order valence-electron chi connectivity index (χ0n) is 17.3. The SMILES string of the molecule is C=C/C(=N\C(=C/C)NC(CCC)c1cccc(F)c1)c1ccc(O)c(OCC)c1. The highest BCUT2D eigenvalue weighted by Crippen LogP contribution is 2.28. The van der Waals surface area contributed by atoms with E-state index in [0.29, 0.717) is 23.9 Å². The molecule has 29 heavy (non-hydrogen) atoms. The van der Waals surface area contributed by atoms with Gasteiger partial charge in [0, 0.05) is 5.56 Å². The normalized spacial score (nSPS) is 13.1. The lowest BCUT2D eigenvalue weighted by Crippen LogP contribution is -2.21. The molecule has 0 spiro atoms. The average molecular weight is 397 g/mol.